The normalized spacial score (nSPS) is 16.3. The topological polar surface area (TPSA) is 50.4 Å². The Bertz CT molecular complexity index is 721. The van der Waals surface area contributed by atoms with E-state index in [1.807, 2.05) is 0 Å². The highest BCUT2D eigenvalue weighted by Crippen LogP contribution is 2.35. The Morgan fingerprint density at radius 3 is 2.81 bits per heavy atom. The van der Waals surface area contributed by atoms with Crippen LogP contribution >= 0.6 is 11.6 Å². The van der Waals surface area contributed by atoms with E-state index in [0.29, 0.717) is 27.7 Å². The van der Waals surface area contributed by atoms with E-state index < -0.39 is 6.04 Å². The van der Waals surface area contributed by atoms with Gasteiger partial charge in [0, 0.05) is 16.9 Å². The summed E-state index contributed by atoms with van der Waals surface area (Å²) in [7, 11) is 1.53. The largest absolute Gasteiger partial charge is 0.495 e. The lowest BCUT2D eigenvalue weighted by atomic mass is 10.1. The molecule has 3 rings (SSSR count). The highest BCUT2D eigenvalue weighted by molar-refractivity contribution is 6.32. The average molecular weight is 307 g/mol. The van der Waals surface area contributed by atoms with Crippen LogP contribution in [0.2, 0.25) is 5.02 Å². The smallest absolute Gasteiger partial charge is 0.251 e. The van der Waals surface area contributed by atoms with Gasteiger partial charge in [0.25, 0.3) is 5.91 Å². The van der Waals surface area contributed by atoms with Crippen molar-refractivity contribution in [3.05, 3.63) is 52.8 Å². The zero-order valence-corrected chi connectivity index (χ0v) is 11.9. The number of halogens is 2. The van der Waals surface area contributed by atoms with Crippen molar-refractivity contribution in [3.8, 4) is 5.75 Å². The molecule has 1 amide bonds. The van der Waals surface area contributed by atoms with Crippen LogP contribution in [0.3, 0.4) is 0 Å². The number of nitrogens with one attached hydrogen (secondary N) is 2. The molecule has 0 spiro atoms. The number of ether oxygens (including phenoxy) is 1. The van der Waals surface area contributed by atoms with Crippen LogP contribution in [0.1, 0.15) is 11.6 Å². The summed E-state index contributed by atoms with van der Waals surface area (Å²) < 4.78 is 18.3. The maximum Gasteiger partial charge on any atom is 0.251 e. The highest BCUT2D eigenvalue weighted by Gasteiger charge is 2.30. The van der Waals surface area contributed by atoms with Gasteiger partial charge in [0.2, 0.25) is 0 Å². The number of rotatable bonds is 3. The molecule has 0 aliphatic carbocycles. The molecule has 2 N–H and O–H groups in total. The van der Waals surface area contributed by atoms with E-state index in [4.69, 9.17) is 16.3 Å². The lowest BCUT2D eigenvalue weighted by molar-refractivity contribution is -0.116. The fourth-order valence-electron chi connectivity index (χ4n) is 2.30. The van der Waals surface area contributed by atoms with Crippen molar-refractivity contribution >= 4 is 28.9 Å². The molecule has 1 aliphatic heterocycles. The van der Waals surface area contributed by atoms with Crippen LogP contribution in [0.15, 0.2) is 36.4 Å². The molecule has 4 nitrogen and oxygen atoms in total. The van der Waals surface area contributed by atoms with Gasteiger partial charge in [0.15, 0.2) is 0 Å². The first-order chi connectivity index (χ1) is 10.1. The Labute approximate surface area is 125 Å². The molecular weight excluding hydrogens is 295 g/mol. The molecule has 108 valence electrons. The summed E-state index contributed by atoms with van der Waals surface area (Å²) in [6, 6.07) is 8.79. The Morgan fingerprint density at radius 2 is 2.10 bits per heavy atom. The number of fused-ring (bicyclic) bond motifs is 1. The predicted molar refractivity (Wildman–Crippen MR) is 79.4 cm³/mol. The fourth-order valence-corrected chi connectivity index (χ4v) is 2.56. The van der Waals surface area contributed by atoms with E-state index >= 15 is 0 Å². The summed E-state index contributed by atoms with van der Waals surface area (Å²) in [6.07, 6.45) is 0. The third kappa shape index (κ3) is 2.52. The second-order valence-corrected chi connectivity index (χ2v) is 5.05. The lowest BCUT2D eigenvalue weighted by Crippen LogP contribution is -2.19. The minimum atomic E-state index is -0.579. The van der Waals surface area contributed by atoms with Crippen molar-refractivity contribution < 1.29 is 13.9 Å². The molecule has 2 aromatic rings. The zero-order valence-electron chi connectivity index (χ0n) is 11.1. The molecule has 1 atom stereocenters. The number of amides is 1. The number of carbonyl (C=O) groups is 1. The molecule has 21 heavy (non-hydrogen) atoms. The van der Waals surface area contributed by atoms with Gasteiger partial charge in [-0.2, -0.15) is 0 Å². The van der Waals surface area contributed by atoms with E-state index in [1.165, 1.54) is 19.2 Å². The van der Waals surface area contributed by atoms with Gasteiger partial charge in [0.1, 0.15) is 17.6 Å². The summed E-state index contributed by atoms with van der Waals surface area (Å²) in [5, 5.41) is 6.18. The molecule has 0 saturated heterocycles. The van der Waals surface area contributed by atoms with Crippen molar-refractivity contribution in [2.75, 3.05) is 17.7 Å². The molecule has 1 aliphatic rings. The molecule has 0 bridgehead atoms. The standard InChI is InChI=1S/C15H12ClFN2O2/c1-21-13-5-3-9(7-11(13)16)18-14-10-4-2-8(17)6-12(10)19-15(14)20/h2-7,14,18H,1H3,(H,19,20). The van der Waals surface area contributed by atoms with E-state index in [2.05, 4.69) is 10.6 Å². The highest BCUT2D eigenvalue weighted by atomic mass is 35.5. The molecule has 2 aromatic carbocycles. The summed E-state index contributed by atoms with van der Waals surface area (Å²) >= 11 is 6.06. The van der Waals surface area contributed by atoms with E-state index in [1.54, 1.807) is 24.3 Å². The van der Waals surface area contributed by atoms with Gasteiger partial charge < -0.3 is 15.4 Å². The second-order valence-electron chi connectivity index (χ2n) is 4.65. The van der Waals surface area contributed by atoms with Crippen LogP contribution in [-0.2, 0) is 4.79 Å². The van der Waals surface area contributed by atoms with Gasteiger partial charge in [-0.1, -0.05) is 17.7 Å². The Hall–Kier alpha value is -2.27. The fraction of sp³-hybridized carbons (Fsp3) is 0.133. The Kier molecular flexibility index (Phi) is 3.43. The van der Waals surface area contributed by atoms with Crippen molar-refractivity contribution in [2.24, 2.45) is 0 Å². The predicted octanol–water partition coefficient (Wildman–Crippen LogP) is 3.59. The maximum absolute atomic E-state index is 13.2. The average Bonchev–Trinajstić information content (AvgIpc) is 2.74. The molecule has 0 radical (unpaired) electrons. The number of carbonyl (C=O) groups excluding carboxylic acids is 1. The zero-order chi connectivity index (χ0) is 15.0. The van der Waals surface area contributed by atoms with E-state index in [-0.39, 0.29) is 11.7 Å². The minimum absolute atomic E-state index is 0.234. The van der Waals surface area contributed by atoms with Crippen LogP contribution in [0, 0.1) is 5.82 Å². The van der Waals surface area contributed by atoms with Crippen molar-refractivity contribution in [3.63, 3.8) is 0 Å². The number of hydrogen-bond donors (Lipinski definition) is 2. The molecule has 1 heterocycles. The van der Waals surface area contributed by atoms with Crippen LogP contribution in [0.4, 0.5) is 15.8 Å². The molecule has 0 aromatic heterocycles. The molecule has 6 heteroatoms. The first-order valence-electron chi connectivity index (χ1n) is 6.29. The number of anilines is 2. The number of benzene rings is 2. The Morgan fingerprint density at radius 1 is 1.29 bits per heavy atom. The first kappa shape index (κ1) is 13.7. The lowest BCUT2D eigenvalue weighted by Gasteiger charge is -2.14. The molecule has 0 fully saturated rings. The summed E-state index contributed by atoms with van der Waals surface area (Å²) in [5.41, 5.74) is 1.86. The van der Waals surface area contributed by atoms with Crippen LogP contribution in [-0.4, -0.2) is 13.0 Å². The van der Waals surface area contributed by atoms with E-state index in [9.17, 15) is 9.18 Å². The van der Waals surface area contributed by atoms with Crippen molar-refractivity contribution in [2.45, 2.75) is 6.04 Å². The monoisotopic (exact) mass is 306 g/mol. The first-order valence-corrected chi connectivity index (χ1v) is 6.66. The van der Waals surface area contributed by atoms with Crippen molar-refractivity contribution in [1.82, 2.24) is 0 Å². The van der Waals surface area contributed by atoms with Gasteiger partial charge in [-0.3, -0.25) is 4.79 Å². The third-order valence-corrected chi connectivity index (χ3v) is 3.60. The van der Waals surface area contributed by atoms with Gasteiger partial charge >= 0.3 is 0 Å². The number of methoxy groups -OCH3 is 1. The van der Waals surface area contributed by atoms with Gasteiger partial charge in [-0.25, -0.2) is 4.39 Å². The third-order valence-electron chi connectivity index (χ3n) is 3.31. The van der Waals surface area contributed by atoms with Gasteiger partial charge in [0.05, 0.1) is 12.1 Å². The number of hydrogen-bond acceptors (Lipinski definition) is 3. The van der Waals surface area contributed by atoms with Gasteiger partial charge in [-0.15, -0.1) is 0 Å². The van der Waals surface area contributed by atoms with Crippen LogP contribution in [0.25, 0.3) is 0 Å². The summed E-state index contributed by atoms with van der Waals surface area (Å²) in [4.78, 5) is 12.0. The Balaban J connectivity index is 1.89. The van der Waals surface area contributed by atoms with Gasteiger partial charge in [-0.05, 0) is 30.3 Å². The summed E-state index contributed by atoms with van der Waals surface area (Å²) in [6.45, 7) is 0. The SMILES string of the molecule is COc1ccc(NC2C(=O)Nc3cc(F)ccc32)cc1Cl. The second kappa shape index (κ2) is 5.26. The quantitative estimate of drug-likeness (QED) is 0.911. The minimum Gasteiger partial charge on any atom is -0.495 e. The van der Waals surface area contributed by atoms with Crippen LogP contribution < -0.4 is 15.4 Å². The molecule has 1 unspecified atom stereocenters. The van der Waals surface area contributed by atoms with Crippen molar-refractivity contribution in [1.29, 1.82) is 0 Å². The van der Waals surface area contributed by atoms with E-state index in [0.717, 1.165) is 0 Å². The van der Waals surface area contributed by atoms with Crippen LogP contribution in [0.5, 0.6) is 5.75 Å². The summed E-state index contributed by atoms with van der Waals surface area (Å²) in [5.74, 6) is -0.0645. The molecular formula is C15H12ClFN2O2. The maximum atomic E-state index is 13.2. The molecule has 0 saturated carbocycles.